The van der Waals surface area contributed by atoms with E-state index in [9.17, 15) is 0 Å². The molecule has 0 amide bonds. The molecule has 3 aromatic rings. The summed E-state index contributed by atoms with van der Waals surface area (Å²) in [5, 5.41) is 6.18. The van der Waals surface area contributed by atoms with Gasteiger partial charge in [0.1, 0.15) is 5.52 Å². The second-order valence-electron chi connectivity index (χ2n) is 3.88. The molecule has 0 aliphatic carbocycles. The van der Waals surface area contributed by atoms with Gasteiger partial charge in [0, 0.05) is 17.2 Å². The maximum Gasteiger partial charge on any atom is 0.231 e. The van der Waals surface area contributed by atoms with E-state index < -0.39 is 0 Å². The van der Waals surface area contributed by atoms with Gasteiger partial charge in [-0.3, -0.25) is 0 Å². The Morgan fingerprint density at radius 1 is 1.26 bits per heavy atom. The first-order valence-electron chi connectivity index (χ1n) is 5.68. The first kappa shape index (κ1) is 11.9. The predicted octanol–water partition coefficient (Wildman–Crippen LogP) is 2.90. The number of nitrogens with one attached hydrogen (secondary N) is 3. The molecule has 1 aromatic carbocycles. The zero-order chi connectivity index (χ0) is 13.2. The number of anilines is 3. The maximum absolute atomic E-state index is 4.40. The summed E-state index contributed by atoms with van der Waals surface area (Å²) in [5.41, 5.74) is 2.32. The molecule has 2 aromatic heterocycles. The second kappa shape index (κ2) is 4.85. The summed E-state index contributed by atoms with van der Waals surface area (Å²) >= 11 is 3.43. The van der Waals surface area contributed by atoms with Crippen LogP contribution in [0.15, 0.2) is 35.1 Å². The normalized spacial score (nSPS) is 10.6. The smallest absolute Gasteiger partial charge is 0.231 e. The van der Waals surface area contributed by atoms with Gasteiger partial charge in [-0.15, -0.1) is 0 Å². The largest absolute Gasteiger partial charge is 0.371 e. The summed E-state index contributed by atoms with van der Waals surface area (Å²) in [7, 11) is 1.81. The molecule has 7 heteroatoms. The number of rotatable bonds is 3. The van der Waals surface area contributed by atoms with Gasteiger partial charge in [0.25, 0.3) is 0 Å². The van der Waals surface area contributed by atoms with Crippen molar-refractivity contribution in [2.75, 3.05) is 17.7 Å². The molecule has 0 bridgehead atoms. The van der Waals surface area contributed by atoms with Gasteiger partial charge in [0.15, 0.2) is 11.5 Å². The van der Waals surface area contributed by atoms with Crippen LogP contribution in [0.2, 0.25) is 0 Å². The molecule has 96 valence electrons. The third-order valence-corrected chi connectivity index (χ3v) is 3.10. The van der Waals surface area contributed by atoms with E-state index in [0.717, 1.165) is 15.7 Å². The molecule has 0 radical (unpaired) electrons. The van der Waals surface area contributed by atoms with Crippen molar-refractivity contribution in [3.05, 3.63) is 35.1 Å². The molecule has 3 rings (SSSR count). The molecule has 0 unspecified atom stereocenters. The van der Waals surface area contributed by atoms with Crippen LogP contribution in [0.1, 0.15) is 0 Å². The first-order valence-corrected chi connectivity index (χ1v) is 6.47. The van der Waals surface area contributed by atoms with Gasteiger partial charge in [0.05, 0.1) is 6.33 Å². The van der Waals surface area contributed by atoms with Crippen molar-refractivity contribution in [1.82, 2.24) is 19.9 Å². The summed E-state index contributed by atoms with van der Waals surface area (Å²) < 4.78 is 0.993. The van der Waals surface area contributed by atoms with Crippen LogP contribution in [0.25, 0.3) is 11.2 Å². The SMILES string of the molecule is CNc1nc(Nc2cccc(Br)c2)nc2nc[nH]c12. The van der Waals surface area contributed by atoms with Gasteiger partial charge < -0.3 is 15.6 Å². The fourth-order valence-corrected chi connectivity index (χ4v) is 2.16. The molecule has 19 heavy (non-hydrogen) atoms. The van der Waals surface area contributed by atoms with Gasteiger partial charge in [-0.1, -0.05) is 22.0 Å². The lowest BCUT2D eigenvalue weighted by Crippen LogP contribution is -2.01. The highest BCUT2D eigenvalue weighted by Crippen LogP contribution is 2.22. The Morgan fingerprint density at radius 2 is 2.16 bits per heavy atom. The zero-order valence-corrected chi connectivity index (χ0v) is 11.7. The number of benzene rings is 1. The topological polar surface area (TPSA) is 78.5 Å². The third kappa shape index (κ3) is 2.37. The van der Waals surface area contributed by atoms with Crippen molar-refractivity contribution in [3.63, 3.8) is 0 Å². The van der Waals surface area contributed by atoms with Crippen LogP contribution in [0.4, 0.5) is 17.5 Å². The number of nitrogens with zero attached hydrogens (tertiary/aromatic N) is 3. The number of aromatic amines is 1. The van der Waals surface area contributed by atoms with Crippen molar-refractivity contribution in [2.45, 2.75) is 0 Å². The van der Waals surface area contributed by atoms with Crippen LogP contribution in [-0.4, -0.2) is 27.0 Å². The van der Waals surface area contributed by atoms with Crippen LogP contribution in [0, 0.1) is 0 Å². The Balaban J connectivity index is 2.01. The molecule has 0 spiro atoms. The van der Waals surface area contributed by atoms with E-state index in [4.69, 9.17) is 0 Å². The lowest BCUT2D eigenvalue weighted by Gasteiger charge is -2.07. The minimum absolute atomic E-state index is 0.502. The van der Waals surface area contributed by atoms with E-state index in [1.165, 1.54) is 0 Å². The fraction of sp³-hybridized carbons (Fsp3) is 0.0833. The number of imidazole rings is 1. The minimum Gasteiger partial charge on any atom is -0.371 e. The average Bonchev–Trinajstić information content (AvgIpc) is 2.86. The number of aromatic nitrogens is 4. The lowest BCUT2D eigenvalue weighted by molar-refractivity contribution is 1.18. The second-order valence-corrected chi connectivity index (χ2v) is 4.80. The molecular formula is C12H11BrN6. The Bertz CT molecular complexity index is 723. The van der Waals surface area contributed by atoms with E-state index >= 15 is 0 Å². The van der Waals surface area contributed by atoms with Crippen molar-refractivity contribution >= 4 is 44.5 Å². The number of H-pyrrole nitrogens is 1. The molecule has 0 saturated carbocycles. The molecule has 0 saturated heterocycles. The van der Waals surface area contributed by atoms with E-state index in [-0.39, 0.29) is 0 Å². The van der Waals surface area contributed by atoms with Gasteiger partial charge in [-0.05, 0) is 18.2 Å². The van der Waals surface area contributed by atoms with Crippen molar-refractivity contribution in [1.29, 1.82) is 0 Å². The molecule has 6 nitrogen and oxygen atoms in total. The standard InChI is InChI=1S/C12H11BrN6/c1-14-10-9-11(16-6-15-9)19-12(18-10)17-8-4-2-3-7(13)5-8/h2-6H,1H3,(H3,14,15,16,17,18,19). The lowest BCUT2D eigenvalue weighted by atomic mass is 10.3. The Labute approximate surface area is 117 Å². The van der Waals surface area contributed by atoms with Crippen LogP contribution >= 0.6 is 15.9 Å². The highest BCUT2D eigenvalue weighted by atomic mass is 79.9. The fourth-order valence-electron chi connectivity index (χ4n) is 1.77. The van der Waals surface area contributed by atoms with Gasteiger partial charge in [-0.25, -0.2) is 4.98 Å². The predicted molar refractivity (Wildman–Crippen MR) is 78.7 cm³/mol. The zero-order valence-electron chi connectivity index (χ0n) is 10.1. The Kier molecular flexibility index (Phi) is 3.04. The monoisotopic (exact) mass is 318 g/mol. The summed E-state index contributed by atoms with van der Waals surface area (Å²) in [5.74, 6) is 1.21. The van der Waals surface area contributed by atoms with Gasteiger partial charge in [-0.2, -0.15) is 9.97 Å². The van der Waals surface area contributed by atoms with E-state index in [1.54, 1.807) is 6.33 Å². The quantitative estimate of drug-likeness (QED) is 0.692. The molecule has 0 fully saturated rings. The minimum atomic E-state index is 0.502. The Morgan fingerprint density at radius 3 is 2.95 bits per heavy atom. The highest BCUT2D eigenvalue weighted by molar-refractivity contribution is 9.10. The Hall–Kier alpha value is -2.15. The van der Waals surface area contributed by atoms with E-state index in [1.807, 2.05) is 31.3 Å². The number of hydrogen-bond acceptors (Lipinski definition) is 5. The molecule has 2 heterocycles. The number of halogens is 1. The molecule has 0 aliphatic rings. The van der Waals surface area contributed by atoms with Crippen molar-refractivity contribution in [2.24, 2.45) is 0 Å². The number of fused-ring (bicyclic) bond motifs is 1. The van der Waals surface area contributed by atoms with E-state index in [0.29, 0.717) is 17.4 Å². The highest BCUT2D eigenvalue weighted by Gasteiger charge is 2.08. The van der Waals surface area contributed by atoms with Crippen LogP contribution in [0.3, 0.4) is 0 Å². The molecule has 0 atom stereocenters. The summed E-state index contributed by atoms with van der Waals surface area (Å²) in [6.07, 6.45) is 1.60. The summed E-state index contributed by atoms with van der Waals surface area (Å²) in [6, 6.07) is 7.81. The number of hydrogen-bond donors (Lipinski definition) is 3. The van der Waals surface area contributed by atoms with Crippen molar-refractivity contribution < 1.29 is 0 Å². The maximum atomic E-state index is 4.40. The first-order chi connectivity index (χ1) is 9.26. The molecular weight excluding hydrogens is 308 g/mol. The van der Waals surface area contributed by atoms with Crippen LogP contribution in [0.5, 0.6) is 0 Å². The summed E-state index contributed by atoms with van der Waals surface area (Å²) in [4.78, 5) is 15.9. The van der Waals surface area contributed by atoms with E-state index in [2.05, 4.69) is 46.5 Å². The van der Waals surface area contributed by atoms with Crippen molar-refractivity contribution in [3.8, 4) is 0 Å². The molecule has 0 aliphatic heterocycles. The van der Waals surface area contributed by atoms with Gasteiger partial charge >= 0.3 is 0 Å². The molecule has 3 N–H and O–H groups in total. The van der Waals surface area contributed by atoms with Gasteiger partial charge in [0.2, 0.25) is 5.95 Å². The summed E-state index contributed by atoms with van der Waals surface area (Å²) in [6.45, 7) is 0. The van der Waals surface area contributed by atoms with Crippen LogP contribution < -0.4 is 10.6 Å². The average molecular weight is 319 g/mol. The third-order valence-electron chi connectivity index (χ3n) is 2.60. The van der Waals surface area contributed by atoms with Crippen LogP contribution in [-0.2, 0) is 0 Å².